The van der Waals surface area contributed by atoms with Crippen molar-refractivity contribution in [3.05, 3.63) is 50.6 Å². The van der Waals surface area contributed by atoms with Crippen molar-refractivity contribution in [1.82, 2.24) is 5.32 Å². The van der Waals surface area contributed by atoms with Crippen LogP contribution < -0.4 is 5.32 Å². The molecule has 2 aliphatic heterocycles. The molecule has 12 atom stereocenters. The number of ether oxygens (including phenoxy) is 10. The highest BCUT2D eigenvalue weighted by Crippen LogP contribution is 2.53. The third-order valence-electron chi connectivity index (χ3n) is 15.9. The molecule has 2 saturated heterocycles. The van der Waals surface area contributed by atoms with Crippen LogP contribution in [0, 0.1) is 0 Å². The zero-order valence-electron chi connectivity index (χ0n) is 57.5. The first-order chi connectivity index (χ1) is 45.4. The molecule has 0 aliphatic carbocycles. The van der Waals surface area contributed by atoms with Crippen LogP contribution in [0.1, 0.15) is 201 Å². The zero-order valence-corrected chi connectivity index (χ0v) is 61.6. The third-order valence-corrected chi connectivity index (χ3v) is 19.1. The highest BCUT2D eigenvalue weighted by molar-refractivity contribution is 7.48. The number of alkyl halides is 3. The molecule has 552 valence electrons. The van der Waals surface area contributed by atoms with E-state index in [0.717, 1.165) is 83.5 Å². The maximum Gasteiger partial charge on any atom is 0.475 e. The van der Waals surface area contributed by atoms with E-state index in [9.17, 15) is 24.1 Å². The summed E-state index contributed by atoms with van der Waals surface area (Å²) in [5, 5.41) is 26.6. The van der Waals surface area contributed by atoms with Gasteiger partial charge in [-0.1, -0.05) is 228 Å². The number of methoxy groups -OCH3 is 2. The summed E-state index contributed by atoms with van der Waals surface area (Å²) in [7, 11) is -5.62. The van der Waals surface area contributed by atoms with Crippen molar-refractivity contribution in [3.8, 4) is 0 Å². The summed E-state index contributed by atoms with van der Waals surface area (Å²) in [6.45, 7) is 18.8. The molecule has 0 radical (unpaired) electrons. The fraction of sp³-hybridized carbons (Fsp3) is 0.866. The summed E-state index contributed by atoms with van der Waals surface area (Å²) in [6, 6.07) is -1.42. The minimum atomic E-state index is -4.54. The molecule has 2 aliphatic rings. The summed E-state index contributed by atoms with van der Waals surface area (Å²) < 4.78 is 124. The van der Waals surface area contributed by atoms with Gasteiger partial charge in [0, 0.05) is 34.0 Å². The molecule has 22 nitrogen and oxygen atoms in total. The molecular weight excluding hydrogens is 1320 g/mol. The van der Waals surface area contributed by atoms with Crippen LogP contribution in [0.3, 0.4) is 0 Å². The highest BCUT2D eigenvalue weighted by Gasteiger charge is 2.54. The van der Waals surface area contributed by atoms with Crippen LogP contribution in [0.25, 0.3) is 0 Å². The third kappa shape index (κ3) is 40.4. The van der Waals surface area contributed by atoms with E-state index in [1.54, 1.807) is 7.11 Å². The lowest BCUT2D eigenvalue weighted by atomic mass is 9.96. The smallest absolute Gasteiger partial charge is 0.445 e. The largest absolute Gasteiger partial charge is 0.475 e. The van der Waals surface area contributed by atoms with Crippen molar-refractivity contribution in [1.29, 1.82) is 0 Å². The summed E-state index contributed by atoms with van der Waals surface area (Å²) >= 11 is 18.2. The van der Waals surface area contributed by atoms with E-state index in [-0.39, 0.29) is 78.6 Å². The molecule has 0 spiro atoms. The molecule has 2 rings (SSSR count). The molecule has 0 bridgehead atoms. The number of hydrogen-bond acceptors (Lipinski definition) is 21. The molecule has 0 aromatic heterocycles. The van der Waals surface area contributed by atoms with E-state index in [1.807, 2.05) is 0 Å². The number of hydrogen-bond donors (Lipinski definition) is 3. The normalized spacial score (nSPS) is 22.6. The standard InChI is InChI=1S/C67H122Cl3NO21P2/c1-10-17-20-23-25-27-29-31-34-37-46-79-62-59(73)56(90-65(82-49-50-89-93(75,85-42-13-4)86-43-14-5)63(62)81-47-40-54(72)38-35-33-30-28-26-24-21-18-11-2)52-83-64-58(71-66(74)84-53-67(68,69)70)61(80-48-41-55(78-9)39-36-32-22-19-12-3)60(57(91-64)51-77-8)92-94(76,87-44-15-6)88-45-16-7/h13-16,54-65,72-73H,4-7,10-12,17-53H2,1-3,8-9H3,(H,71,74)/t54-,55-,56-,57-,58-,59-,60-,61-,62+,63-,64-,65+/m1/s1. The average molecular weight is 1450 g/mol. The molecule has 1 amide bonds. The van der Waals surface area contributed by atoms with Crippen LogP contribution in [0.4, 0.5) is 4.79 Å². The Morgan fingerprint density at radius 1 is 0.521 bits per heavy atom. The molecule has 2 heterocycles. The molecule has 2 fully saturated rings. The molecule has 94 heavy (non-hydrogen) atoms. The molecule has 0 unspecified atom stereocenters. The second-order valence-corrected chi connectivity index (χ2v) is 29.6. The quantitative estimate of drug-likeness (QED) is 0.0221. The molecule has 0 aromatic carbocycles. The second-order valence-electron chi connectivity index (χ2n) is 23.8. The van der Waals surface area contributed by atoms with E-state index >= 15 is 0 Å². The van der Waals surface area contributed by atoms with Gasteiger partial charge in [0.2, 0.25) is 3.79 Å². The van der Waals surface area contributed by atoms with E-state index in [4.69, 9.17) is 109 Å². The van der Waals surface area contributed by atoms with Gasteiger partial charge in [-0.3, -0.25) is 27.1 Å². The van der Waals surface area contributed by atoms with Gasteiger partial charge in [-0.05, 0) is 32.1 Å². The Bertz CT molecular complexity index is 1990. The first kappa shape index (κ1) is 89.0. The number of phosphoric acid groups is 2. The Labute approximate surface area is 579 Å². The predicted octanol–water partition coefficient (Wildman–Crippen LogP) is 15.9. The predicted molar refractivity (Wildman–Crippen MR) is 369 cm³/mol. The van der Waals surface area contributed by atoms with E-state index < -0.39 is 106 Å². The van der Waals surface area contributed by atoms with Crippen LogP contribution in [-0.4, -0.2) is 187 Å². The Balaban J connectivity index is 2.71. The number of halogens is 3. The fourth-order valence-corrected chi connectivity index (χ4v) is 13.4. The summed E-state index contributed by atoms with van der Waals surface area (Å²) in [6.07, 6.45) is 20.3. The van der Waals surface area contributed by atoms with Gasteiger partial charge in [0.05, 0.1) is 65.1 Å². The number of amides is 1. The minimum Gasteiger partial charge on any atom is -0.445 e. The number of phosphoric ester groups is 2. The lowest BCUT2D eigenvalue weighted by Crippen LogP contribution is -2.67. The highest BCUT2D eigenvalue weighted by atomic mass is 35.6. The van der Waals surface area contributed by atoms with Gasteiger partial charge in [-0.15, -0.1) is 26.3 Å². The number of aliphatic hydroxyl groups is 2. The molecule has 0 aromatic rings. The van der Waals surface area contributed by atoms with Crippen LogP contribution >= 0.6 is 50.4 Å². The summed E-state index contributed by atoms with van der Waals surface area (Å²) in [5.41, 5.74) is 0. The minimum absolute atomic E-state index is 0.0102. The Morgan fingerprint density at radius 2 is 1.00 bits per heavy atom. The molecular formula is C67H122Cl3NO21P2. The molecule has 27 heteroatoms. The van der Waals surface area contributed by atoms with Gasteiger partial charge < -0.3 is 62.9 Å². The molecule has 3 N–H and O–H groups in total. The van der Waals surface area contributed by atoms with Gasteiger partial charge in [-0.25, -0.2) is 13.9 Å². The van der Waals surface area contributed by atoms with Crippen molar-refractivity contribution < 1.29 is 98.6 Å². The first-order valence-corrected chi connectivity index (χ1v) is 38.8. The van der Waals surface area contributed by atoms with Crippen LogP contribution in [0.2, 0.25) is 0 Å². The van der Waals surface area contributed by atoms with Crippen molar-refractivity contribution in [3.63, 3.8) is 0 Å². The number of rotatable bonds is 63. The number of carbonyl (C=O) groups is 1. The topological polar surface area (TPSA) is 251 Å². The van der Waals surface area contributed by atoms with Crippen LogP contribution in [0.5, 0.6) is 0 Å². The van der Waals surface area contributed by atoms with Crippen molar-refractivity contribution in [2.24, 2.45) is 0 Å². The Kier molecular flexibility index (Phi) is 52.6. The van der Waals surface area contributed by atoms with Gasteiger partial charge in [0.15, 0.2) is 12.6 Å². The van der Waals surface area contributed by atoms with E-state index in [0.29, 0.717) is 19.3 Å². The Hall–Kier alpha value is -1.12. The number of alkyl carbamates (subject to hydrolysis) is 1. The fourth-order valence-electron chi connectivity index (χ4n) is 10.8. The van der Waals surface area contributed by atoms with Gasteiger partial charge in [0.25, 0.3) is 0 Å². The van der Waals surface area contributed by atoms with Crippen LogP contribution in [0.15, 0.2) is 50.6 Å². The van der Waals surface area contributed by atoms with Crippen molar-refractivity contribution in [2.75, 3.05) is 93.5 Å². The summed E-state index contributed by atoms with van der Waals surface area (Å²) in [4.78, 5) is 14.0. The first-order valence-electron chi connectivity index (χ1n) is 34.7. The van der Waals surface area contributed by atoms with Gasteiger partial charge in [-0.2, -0.15) is 0 Å². The van der Waals surface area contributed by atoms with Crippen molar-refractivity contribution >= 4 is 56.5 Å². The van der Waals surface area contributed by atoms with Crippen molar-refractivity contribution in [2.45, 2.75) is 278 Å². The Morgan fingerprint density at radius 3 is 1.52 bits per heavy atom. The number of carbonyl (C=O) groups excluding carboxylic acids is 1. The molecule has 0 saturated carbocycles. The zero-order chi connectivity index (χ0) is 69.1. The second kappa shape index (κ2) is 55.5. The summed E-state index contributed by atoms with van der Waals surface area (Å²) in [5.74, 6) is 0. The van der Waals surface area contributed by atoms with E-state index in [1.165, 1.54) is 102 Å². The number of unbranched alkanes of at least 4 members (excludes halogenated alkanes) is 21. The van der Waals surface area contributed by atoms with Gasteiger partial charge in [0.1, 0.15) is 55.4 Å². The average Bonchev–Trinajstić information content (AvgIpc) is 0.803. The monoisotopic (exact) mass is 1440 g/mol. The van der Waals surface area contributed by atoms with Gasteiger partial charge >= 0.3 is 21.7 Å². The maximum atomic E-state index is 14.6. The lowest BCUT2D eigenvalue weighted by Gasteiger charge is -2.47. The maximum absolute atomic E-state index is 14.6. The number of nitrogens with one attached hydrogen (secondary N) is 1. The van der Waals surface area contributed by atoms with E-state index in [2.05, 4.69) is 52.4 Å². The van der Waals surface area contributed by atoms with Crippen LogP contribution in [-0.2, 0) is 83.6 Å². The number of aliphatic hydroxyl groups excluding tert-OH is 2. The lowest BCUT2D eigenvalue weighted by molar-refractivity contribution is -0.331. The SMILES string of the molecule is C=CCOP(=O)(OCC=C)OCCO[C@H]1O[C@H](CO[C@@H]2O[C@H](COC)[C@@H](OP(=O)(OCC=C)OCC=C)[C@H](OCC[C@@H](CCCCCCC)OC)[C@H]2NC(=O)OCC(Cl)(Cl)Cl)[C@@H](O)[C@H](OCCCCCCCCCCCC)[C@H]1OCC[C@H](O)CCCCCCCCCCC.